The highest BCUT2D eigenvalue weighted by molar-refractivity contribution is 7.93. The van der Waals surface area contributed by atoms with Crippen LogP contribution in [-0.2, 0) is 15.8 Å². The number of aryl methyl sites for hydroxylation is 2. The minimum atomic E-state index is -4.20. The molecule has 0 saturated carbocycles. The van der Waals surface area contributed by atoms with Gasteiger partial charge in [-0.1, -0.05) is 12.1 Å². The quantitative estimate of drug-likeness (QED) is 0.174. The number of anilines is 2. The zero-order valence-electron chi connectivity index (χ0n) is 24.2. The second-order valence-corrected chi connectivity index (χ2v) is 14.0. The highest BCUT2D eigenvalue weighted by atomic mass is 35.5. The molecule has 1 aliphatic heterocycles. The SMILES string of the molecule is Cc1nc(CS(=O)(=O)N(Cl)c2c(F)ccc3c(Oc4ncccc4-c4ccnc(N[C@H]5CNC[C@H](F)C5)n4)c(C)ccc23)cs1. The zero-order valence-corrected chi connectivity index (χ0v) is 26.6. The average molecular weight is 672 g/mol. The Hall–Kier alpha value is -3.98. The van der Waals surface area contributed by atoms with Crippen molar-refractivity contribution in [3.8, 4) is 22.9 Å². The molecule has 0 unspecified atom stereocenters. The van der Waals surface area contributed by atoms with E-state index in [1.807, 2.05) is 6.92 Å². The number of thiazole rings is 1. The Morgan fingerprint density at radius 1 is 1.09 bits per heavy atom. The van der Waals surface area contributed by atoms with Gasteiger partial charge in [-0.15, -0.1) is 11.3 Å². The third-order valence-electron chi connectivity index (χ3n) is 7.22. The second kappa shape index (κ2) is 12.8. The van der Waals surface area contributed by atoms with E-state index in [0.717, 1.165) is 6.07 Å². The van der Waals surface area contributed by atoms with E-state index in [2.05, 4.69) is 30.6 Å². The van der Waals surface area contributed by atoms with Crippen LogP contribution in [-0.4, -0.2) is 53.7 Å². The molecule has 1 saturated heterocycles. The molecule has 15 heteroatoms. The lowest BCUT2D eigenvalue weighted by Gasteiger charge is -2.26. The van der Waals surface area contributed by atoms with Gasteiger partial charge in [0, 0.05) is 65.9 Å². The Kier molecular flexibility index (Phi) is 8.82. The van der Waals surface area contributed by atoms with E-state index in [9.17, 15) is 12.8 Å². The van der Waals surface area contributed by atoms with Gasteiger partial charge in [-0.2, -0.15) is 3.82 Å². The molecule has 10 nitrogen and oxygen atoms in total. The van der Waals surface area contributed by atoms with Crippen LogP contribution >= 0.6 is 23.1 Å². The van der Waals surface area contributed by atoms with Gasteiger partial charge >= 0.3 is 0 Å². The number of nitrogens with zero attached hydrogens (tertiary/aromatic N) is 5. The highest BCUT2D eigenvalue weighted by Crippen LogP contribution is 2.42. The van der Waals surface area contributed by atoms with Crippen molar-refractivity contribution in [2.24, 2.45) is 0 Å². The van der Waals surface area contributed by atoms with Crippen LogP contribution < -0.4 is 19.2 Å². The predicted octanol–water partition coefficient (Wildman–Crippen LogP) is 6.30. The number of benzene rings is 2. The van der Waals surface area contributed by atoms with Crippen molar-refractivity contribution in [3.05, 3.63) is 82.3 Å². The smallest absolute Gasteiger partial charge is 0.254 e. The number of pyridine rings is 1. The van der Waals surface area contributed by atoms with Gasteiger partial charge in [0.05, 0.1) is 22.0 Å². The van der Waals surface area contributed by atoms with E-state index in [4.69, 9.17) is 16.5 Å². The van der Waals surface area contributed by atoms with Crippen molar-refractivity contribution in [2.75, 3.05) is 22.2 Å². The molecule has 5 aromatic rings. The minimum Gasteiger partial charge on any atom is -0.437 e. The van der Waals surface area contributed by atoms with Gasteiger partial charge in [-0.05, 0) is 49.7 Å². The molecule has 0 aliphatic carbocycles. The normalized spacial score (nSPS) is 16.9. The van der Waals surface area contributed by atoms with Crippen LogP contribution in [0.5, 0.6) is 11.6 Å². The van der Waals surface area contributed by atoms with Crippen LogP contribution in [0.4, 0.5) is 20.4 Å². The lowest BCUT2D eigenvalue weighted by Crippen LogP contribution is -2.44. The van der Waals surface area contributed by atoms with Gasteiger partial charge < -0.3 is 15.4 Å². The van der Waals surface area contributed by atoms with E-state index in [1.165, 1.54) is 17.4 Å². The fraction of sp³-hybridized carbons (Fsp3) is 0.267. The van der Waals surface area contributed by atoms with Crippen LogP contribution in [0.15, 0.2) is 60.2 Å². The van der Waals surface area contributed by atoms with E-state index >= 15 is 4.39 Å². The molecule has 6 rings (SSSR count). The Bertz CT molecular complexity index is 1980. The molecule has 0 bridgehead atoms. The molecule has 3 aromatic heterocycles. The Morgan fingerprint density at radius 2 is 1.91 bits per heavy atom. The fourth-order valence-electron chi connectivity index (χ4n) is 5.14. The van der Waals surface area contributed by atoms with Gasteiger partial charge in [0.1, 0.15) is 29.2 Å². The predicted molar refractivity (Wildman–Crippen MR) is 172 cm³/mol. The Labute approximate surface area is 267 Å². The molecule has 0 amide bonds. The number of nitrogens with one attached hydrogen (secondary N) is 2. The number of halogens is 3. The van der Waals surface area contributed by atoms with Crippen LogP contribution in [0.1, 0.15) is 22.7 Å². The number of hydrogen-bond donors (Lipinski definition) is 2. The summed E-state index contributed by atoms with van der Waals surface area (Å²) in [6.07, 6.45) is 2.54. The number of ether oxygens (including phenoxy) is 1. The first kappa shape index (κ1) is 31.0. The second-order valence-electron chi connectivity index (χ2n) is 10.6. The maximum atomic E-state index is 15.3. The van der Waals surface area contributed by atoms with Crippen LogP contribution in [0, 0.1) is 19.7 Å². The van der Waals surface area contributed by atoms with Crippen molar-refractivity contribution in [2.45, 2.75) is 38.2 Å². The molecule has 0 radical (unpaired) electrons. The number of sulfonamides is 1. The van der Waals surface area contributed by atoms with Gasteiger partial charge in [0.15, 0.2) is 0 Å². The largest absolute Gasteiger partial charge is 0.437 e. The van der Waals surface area contributed by atoms with Crippen molar-refractivity contribution in [1.29, 1.82) is 0 Å². The summed E-state index contributed by atoms with van der Waals surface area (Å²) in [5.74, 6) is -0.440. The molecule has 2 aromatic carbocycles. The number of aromatic nitrogens is 4. The summed E-state index contributed by atoms with van der Waals surface area (Å²) in [7, 11) is -4.20. The number of hydrogen-bond acceptors (Lipinski definition) is 10. The van der Waals surface area contributed by atoms with Crippen LogP contribution in [0.2, 0.25) is 0 Å². The maximum Gasteiger partial charge on any atom is 0.254 e. The van der Waals surface area contributed by atoms with Crippen molar-refractivity contribution in [3.63, 3.8) is 0 Å². The molecule has 45 heavy (non-hydrogen) atoms. The topological polar surface area (TPSA) is 122 Å². The van der Waals surface area contributed by atoms with Gasteiger partial charge in [-0.3, -0.25) is 0 Å². The monoisotopic (exact) mass is 671 g/mol. The van der Waals surface area contributed by atoms with Gasteiger partial charge in [0.2, 0.25) is 11.8 Å². The molecule has 2 N–H and O–H groups in total. The van der Waals surface area contributed by atoms with Crippen molar-refractivity contribution >= 4 is 55.5 Å². The lowest BCUT2D eigenvalue weighted by molar-refractivity contribution is 0.254. The molecule has 4 heterocycles. The van der Waals surface area contributed by atoms with E-state index in [-0.39, 0.29) is 23.0 Å². The van der Waals surface area contributed by atoms with Crippen LogP contribution in [0.25, 0.3) is 22.0 Å². The maximum absolute atomic E-state index is 15.3. The third kappa shape index (κ3) is 6.69. The molecule has 1 aliphatic rings. The number of rotatable bonds is 9. The van der Waals surface area contributed by atoms with Crippen LogP contribution in [0.3, 0.4) is 0 Å². The summed E-state index contributed by atoms with van der Waals surface area (Å²) in [4.78, 5) is 17.6. The fourth-order valence-corrected chi connectivity index (χ4v) is 7.27. The van der Waals surface area contributed by atoms with E-state index < -0.39 is 27.8 Å². The summed E-state index contributed by atoms with van der Waals surface area (Å²) in [5, 5.41) is 9.20. The minimum absolute atomic E-state index is 0.169. The third-order valence-corrected chi connectivity index (χ3v) is 10.2. The van der Waals surface area contributed by atoms with E-state index in [1.54, 1.807) is 55.0 Å². The highest BCUT2D eigenvalue weighted by Gasteiger charge is 2.28. The van der Waals surface area contributed by atoms with Crippen molar-refractivity contribution < 1.29 is 21.9 Å². The Morgan fingerprint density at radius 3 is 2.69 bits per heavy atom. The first-order chi connectivity index (χ1) is 21.6. The van der Waals surface area contributed by atoms with E-state index in [0.29, 0.717) is 67.9 Å². The lowest BCUT2D eigenvalue weighted by atomic mass is 10.0. The summed E-state index contributed by atoms with van der Waals surface area (Å²) in [6.45, 7) is 4.48. The molecule has 234 valence electrons. The average Bonchev–Trinajstić information content (AvgIpc) is 3.42. The first-order valence-corrected chi connectivity index (χ1v) is 16.8. The zero-order chi connectivity index (χ0) is 31.7. The molecular weight excluding hydrogens is 644 g/mol. The summed E-state index contributed by atoms with van der Waals surface area (Å²) >= 11 is 7.68. The molecule has 0 spiro atoms. The summed E-state index contributed by atoms with van der Waals surface area (Å²) in [5.41, 5.74) is 1.74. The molecule has 1 fully saturated rings. The molecular formula is C30H28ClF2N7O3S2. The number of piperidine rings is 1. The number of alkyl halides is 1. The van der Waals surface area contributed by atoms with Gasteiger partial charge in [0.25, 0.3) is 10.0 Å². The Balaban J connectivity index is 1.34. The summed E-state index contributed by atoms with van der Waals surface area (Å²) in [6, 6.07) is 11.0. The van der Waals surface area contributed by atoms with Crippen molar-refractivity contribution in [1.82, 2.24) is 25.3 Å². The molecule has 2 atom stereocenters. The first-order valence-electron chi connectivity index (χ1n) is 14.0. The van der Waals surface area contributed by atoms with Gasteiger partial charge in [-0.25, -0.2) is 37.1 Å². The standard InChI is InChI=1S/C30H28ClF2N7O3S2/c1-17-5-6-22-23(7-8-25(33)27(22)40(31)45(41,42)16-21-15-44-18(2)37-21)28(17)43-29-24(4-3-10-35-29)26-9-11-36-30(39-26)38-20-12-19(32)13-34-14-20/h3-11,15,19-20,34H,12-14,16H2,1-2H3,(H,36,38,39)/t19-,20-/m1/s1. The number of fused-ring (bicyclic) bond motifs is 1. The summed E-state index contributed by atoms with van der Waals surface area (Å²) < 4.78 is 62.5.